The Balaban J connectivity index is 2.13. The van der Waals surface area contributed by atoms with Crippen molar-refractivity contribution in [1.29, 1.82) is 0 Å². The van der Waals surface area contributed by atoms with E-state index in [2.05, 4.69) is 10.2 Å². The number of nitro benzene ring substituents is 1. The number of anilines is 1. The first-order valence-corrected chi connectivity index (χ1v) is 6.41. The number of carboxylic acids is 1. The Bertz CT molecular complexity index is 532. The number of rotatable bonds is 5. The van der Waals surface area contributed by atoms with Crippen molar-refractivity contribution >= 4 is 17.3 Å². The molecule has 0 aromatic heterocycles. The third kappa shape index (κ3) is 3.24. The highest BCUT2D eigenvalue weighted by Gasteiger charge is 2.21. The van der Waals surface area contributed by atoms with E-state index in [1.165, 1.54) is 18.2 Å². The highest BCUT2D eigenvalue weighted by Crippen LogP contribution is 2.26. The molecule has 1 unspecified atom stereocenters. The number of hydrogen-bond acceptors (Lipinski definition) is 5. The Kier molecular flexibility index (Phi) is 4.19. The van der Waals surface area contributed by atoms with Crippen LogP contribution in [-0.4, -0.2) is 47.6 Å². The molecule has 1 fully saturated rings. The van der Waals surface area contributed by atoms with Crippen molar-refractivity contribution in [2.75, 3.05) is 32.0 Å². The molecular formula is C13H17N3O4. The molecule has 20 heavy (non-hydrogen) atoms. The average Bonchev–Trinajstić information content (AvgIpc) is 2.81. The molecule has 7 heteroatoms. The molecule has 1 saturated heterocycles. The molecule has 0 amide bonds. The molecule has 0 saturated carbocycles. The number of carbonyl (C=O) groups is 1. The summed E-state index contributed by atoms with van der Waals surface area (Å²) >= 11 is 0. The van der Waals surface area contributed by atoms with Gasteiger partial charge in [0.05, 0.1) is 10.5 Å². The Labute approximate surface area is 116 Å². The second kappa shape index (κ2) is 5.87. The number of nitrogens with zero attached hydrogens (tertiary/aromatic N) is 2. The maximum atomic E-state index is 11.0. The topological polar surface area (TPSA) is 95.7 Å². The normalized spacial score (nSPS) is 18.9. The van der Waals surface area contributed by atoms with Gasteiger partial charge in [-0.3, -0.25) is 10.1 Å². The Hall–Kier alpha value is -2.15. The molecule has 1 aliphatic rings. The van der Waals surface area contributed by atoms with Crippen LogP contribution < -0.4 is 5.32 Å². The van der Waals surface area contributed by atoms with Gasteiger partial charge in [-0.1, -0.05) is 0 Å². The van der Waals surface area contributed by atoms with Crippen LogP contribution in [0.25, 0.3) is 0 Å². The van der Waals surface area contributed by atoms with Crippen molar-refractivity contribution in [3.05, 3.63) is 33.9 Å². The SMILES string of the molecule is CN1CCC(CNc2cc(C(=O)O)ccc2[N+](=O)[O-])C1. The van der Waals surface area contributed by atoms with E-state index in [-0.39, 0.29) is 16.9 Å². The number of aromatic carboxylic acids is 1. The van der Waals surface area contributed by atoms with Gasteiger partial charge >= 0.3 is 5.97 Å². The maximum absolute atomic E-state index is 11.0. The summed E-state index contributed by atoms with van der Waals surface area (Å²) in [6.07, 6.45) is 1.04. The van der Waals surface area contributed by atoms with Crippen LogP contribution in [0, 0.1) is 16.0 Å². The van der Waals surface area contributed by atoms with Gasteiger partial charge in [-0.05, 0) is 38.1 Å². The van der Waals surface area contributed by atoms with Crippen molar-refractivity contribution in [3.63, 3.8) is 0 Å². The Morgan fingerprint density at radius 3 is 2.90 bits per heavy atom. The zero-order valence-corrected chi connectivity index (χ0v) is 11.2. The molecular weight excluding hydrogens is 262 g/mol. The monoisotopic (exact) mass is 279 g/mol. The quantitative estimate of drug-likeness (QED) is 0.628. The van der Waals surface area contributed by atoms with E-state index >= 15 is 0 Å². The predicted octanol–water partition coefficient (Wildman–Crippen LogP) is 1.66. The first kappa shape index (κ1) is 14.3. The molecule has 1 aromatic rings. The number of likely N-dealkylation sites (tertiary alicyclic amines) is 1. The molecule has 1 aliphatic heterocycles. The molecule has 0 aliphatic carbocycles. The van der Waals surface area contributed by atoms with Crippen LogP contribution in [0.2, 0.25) is 0 Å². The molecule has 0 radical (unpaired) electrons. The van der Waals surface area contributed by atoms with Crippen LogP contribution in [-0.2, 0) is 0 Å². The summed E-state index contributed by atoms with van der Waals surface area (Å²) in [5, 5.41) is 22.9. The van der Waals surface area contributed by atoms with Crippen molar-refractivity contribution in [2.24, 2.45) is 5.92 Å². The molecule has 1 aromatic carbocycles. The lowest BCUT2D eigenvalue weighted by molar-refractivity contribution is -0.384. The van der Waals surface area contributed by atoms with E-state index in [0.717, 1.165) is 19.5 Å². The number of carboxylic acid groups (broad SMARTS) is 1. The van der Waals surface area contributed by atoms with E-state index in [1.54, 1.807) is 0 Å². The molecule has 0 spiro atoms. The molecule has 2 rings (SSSR count). The van der Waals surface area contributed by atoms with Gasteiger partial charge in [0.25, 0.3) is 5.69 Å². The minimum atomic E-state index is -1.09. The smallest absolute Gasteiger partial charge is 0.335 e. The fraction of sp³-hybridized carbons (Fsp3) is 0.462. The molecule has 2 N–H and O–H groups in total. The number of nitro groups is 1. The standard InChI is InChI=1S/C13H17N3O4/c1-15-5-4-9(8-15)7-14-11-6-10(13(17)18)2-3-12(11)16(19)20/h2-3,6,9,14H,4-5,7-8H2,1H3,(H,17,18). The van der Waals surface area contributed by atoms with Gasteiger partial charge in [0.15, 0.2) is 0 Å². The molecule has 0 bridgehead atoms. The average molecular weight is 279 g/mol. The van der Waals surface area contributed by atoms with Crippen molar-refractivity contribution in [3.8, 4) is 0 Å². The van der Waals surface area contributed by atoms with E-state index in [9.17, 15) is 14.9 Å². The predicted molar refractivity (Wildman–Crippen MR) is 74.1 cm³/mol. The van der Waals surface area contributed by atoms with Crippen molar-refractivity contribution in [2.45, 2.75) is 6.42 Å². The van der Waals surface area contributed by atoms with Crippen molar-refractivity contribution in [1.82, 2.24) is 4.90 Å². The third-order valence-corrected chi connectivity index (χ3v) is 3.51. The number of hydrogen-bond donors (Lipinski definition) is 2. The van der Waals surface area contributed by atoms with Gasteiger partial charge in [0, 0.05) is 19.2 Å². The van der Waals surface area contributed by atoms with E-state index in [4.69, 9.17) is 5.11 Å². The van der Waals surface area contributed by atoms with Crippen LogP contribution in [0.15, 0.2) is 18.2 Å². The Morgan fingerprint density at radius 2 is 2.35 bits per heavy atom. The van der Waals surface area contributed by atoms with Gasteiger partial charge in [-0.25, -0.2) is 4.79 Å². The van der Waals surface area contributed by atoms with Gasteiger partial charge in [-0.2, -0.15) is 0 Å². The molecule has 108 valence electrons. The summed E-state index contributed by atoms with van der Waals surface area (Å²) < 4.78 is 0. The van der Waals surface area contributed by atoms with E-state index < -0.39 is 10.9 Å². The van der Waals surface area contributed by atoms with Crippen LogP contribution in [0.1, 0.15) is 16.8 Å². The molecule has 7 nitrogen and oxygen atoms in total. The van der Waals surface area contributed by atoms with Crippen LogP contribution in [0.4, 0.5) is 11.4 Å². The highest BCUT2D eigenvalue weighted by atomic mass is 16.6. The third-order valence-electron chi connectivity index (χ3n) is 3.51. The van der Waals surface area contributed by atoms with Crippen LogP contribution in [0.3, 0.4) is 0 Å². The second-order valence-electron chi connectivity index (χ2n) is 5.09. The molecule has 1 atom stereocenters. The van der Waals surface area contributed by atoms with Gasteiger partial charge in [-0.15, -0.1) is 0 Å². The van der Waals surface area contributed by atoms with E-state index in [0.29, 0.717) is 12.5 Å². The van der Waals surface area contributed by atoms with Gasteiger partial charge in [0.1, 0.15) is 5.69 Å². The fourth-order valence-corrected chi connectivity index (χ4v) is 2.42. The highest BCUT2D eigenvalue weighted by molar-refractivity contribution is 5.90. The van der Waals surface area contributed by atoms with Crippen LogP contribution in [0.5, 0.6) is 0 Å². The fourth-order valence-electron chi connectivity index (χ4n) is 2.42. The summed E-state index contributed by atoms with van der Waals surface area (Å²) in [6, 6.07) is 3.79. The summed E-state index contributed by atoms with van der Waals surface area (Å²) in [5.41, 5.74) is 0.215. The largest absolute Gasteiger partial charge is 0.478 e. The molecule has 1 heterocycles. The summed E-state index contributed by atoms with van der Waals surface area (Å²) in [7, 11) is 2.04. The number of nitrogens with one attached hydrogen (secondary N) is 1. The minimum absolute atomic E-state index is 0.0432. The van der Waals surface area contributed by atoms with Gasteiger partial charge < -0.3 is 15.3 Å². The lowest BCUT2D eigenvalue weighted by atomic mass is 10.1. The van der Waals surface area contributed by atoms with Crippen LogP contribution >= 0.6 is 0 Å². The summed E-state index contributed by atoms with van der Waals surface area (Å²) in [5.74, 6) is -0.670. The lowest BCUT2D eigenvalue weighted by Crippen LogP contribution is -2.19. The first-order chi connectivity index (χ1) is 9.47. The first-order valence-electron chi connectivity index (χ1n) is 6.41. The summed E-state index contributed by atoms with van der Waals surface area (Å²) in [4.78, 5) is 23.6. The van der Waals surface area contributed by atoms with E-state index in [1.807, 2.05) is 7.05 Å². The Morgan fingerprint density at radius 1 is 1.60 bits per heavy atom. The lowest BCUT2D eigenvalue weighted by Gasteiger charge is -2.13. The zero-order valence-electron chi connectivity index (χ0n) is 11.2. The van der Waals surface area contributed by atoms with Crippen molar-refractivity contribution < 1.29 is 14.8 Å². The van der Waals surface area contributed by atoms with Gasteiger partial charge in [0.2, 0.25) is 0 Å². The summed E-state index contributed by atoms with van der Waals surface area (Å²) in [6.45, 7) is 2.57. The number of benzene rings is 1. The maximum Gasteiger partial charge on any atom is 0.335 e. The minimum Gasteiger partial charge on any atom is -0.478 e. The zero-order chi connectivity index (χ0) is 14.7. The second-order valence-corrected chi connectivity index (χ2v) is 5.09.